The van der Waals surface area contributed by atoms with Crippen LogP contribution in [0.15, 0.2) is 24.3 Å². The molecule has 2 nitrogen and oxygen atoms in total. The average molecular weight is 265 g/mol. The summed E-state index contributed by atoms with van der Waals surface area (Å²) in [5.41, 5.74) is 1.31. The minimum atomic E-state index is 0.682. The van der Waals surface area contributed by atoms with Crippen LogP contribution >= 0.6 is 11.8 Å². The van der Waals surface area contributed by atoms with E-state index in [9.17, 15) is 0 Å². The SMILES string of the molecule is CCSC1CCCC1NCc1cccc(OC)c1. The van der Waals surface area contributed by atoms with Gasteiger partial charge >= 0.3 is 0 Å². The molecule has 1 fully saturated rings. The smallest absolute Gasteiger partial charge is 0.119 e. The maximum absolute atomic E-state index is 5.25. The molecule has 1 N–H and O–H groups in total. The third kappa shape index (κ3) is 3.66. The van der Waals surface area contributed by atoms with E-state index >= 15 is 0 Å². The number of ether oxygens (including phenoxy) is 1. The van der Waals surface area contributed by atoms with E-state index in [4.69, 9.17) is 4.74 Å². The van der Waals surface area contributed by atoms with Gasteiger partial charge in [-0.05, 0) is 36.3 Å². The molecule has 0 saturated heterocycles. The van der Waals surface area contributed by atoms with Gasteiger partial charge in [-0.2, -0.15) is 11.8 Å². The lowest BCUT2D eigenvalue weighted by atomic mass is 10.2. The van der Waals surface area contributed by atoms with E-state index in [0.29, 0.717) is 6.04 Å². The summed E-state index contributed by atoms with van der Waals surface area (Å²) in [6.45, 7) is 3.20. The molecule has 0 amide bonds. The van der Waals surface area contributed by atoms with Gasteiger partial charge in [-0.3, -0.25) is 0 Å². The van der Waals surface area contributed by atoms with Crippen molar-refractivity contribution in [3.63, 3.8) is 0 Å². The molecule has 0 spiro atoms. The van der Waals surface area contributed by atoms with Gasteiger partial charge in [-0.15, -0.1) is 0 Å². The van der Waals surface area contributed by atoms with Crippen LogP contribution in [0.5, 0.6) is 5.75 Å². The molecule has 1 aliphatic carbocycles. The van der Waals surface area contributed by atoms with E-state index < -0.39 is 0 Å². The average Bonchev–Trinajstić information content (AvgIpc) is 2.85. The Kier molecular flexibility index (Phi) is 5.39. The summed E-state index contributed by atoms with van der Waals surface area (Å²) in [7, 11) is 1.72. The second-order valence-electron chi connectivity index (χ2n) is 4.76. The van der Waals surface area contributed by atoms with E-state index in [-0.39, 0.29) is 0 Å². The molecular weight excluding hydrogens is 242 g/mol. The first kappa shape index (κ1) is 13.8. The first-order valence-electron chi connectivity index (χ1n) is 6.81. The maximum atomic E-state index is 5.25. The minimum absolute atomic E-state index is 0.682. The van der Waals surface area contributed by atoms with Crippen molar-refractivity contribution < 1.29 is 4.74 Å². The summed E-state index contributed by atoms with van der Waals surface area (Å²) in [5, 5.41) is 4.51. The molecular formula is C15H23NOS. The summed E-state index contributed by atoms with van der Waals surface area (Å²) in [6.07, 6.45) is 4.06. The molecule has 0 radical (unpaired) electrons. The van der Waals surface area contributed by atoms with E-state index in [0.717, 1.165) is 17.5 Å². The molecule has 0 heterocycles. The lowest BCUT2D eigenvalue weighted by Gasteiger charge is -2.20. The molecule has 1 aromatic rings. The van der Waals surface area contributed by atoms with Crippen LogP contribution in [-0.2, 0) is 6.54 Å². The maximum Gasteiger partial charge on any atom is 0.119 e. The largest absolute Gasteiger partial charge is 0.497 e. The van der Waals surface area contributed by atoms with Gasteiger partial charge in [0, 0.05) is 17.8 Å². The molecule has 18 heavy (non-hydrogen) atoms. The monoisotopic (exact) mass is 265 g/mol. The summed E-state index contributed by atoms with van der Waals surface area (Å²) in [6, 6.07) is 9.01. The van der Waals surface area contributed by atoms with Gasteiger partial charge in [0.2, 0.25) is 0 Å². The van der Waals surface area contributed by atoms with Crippen molar-refractivity contribution in [3.8, 4) is 5.75 Å². The van der Waals surface area contributed by atoms with E-state index in [1.165, 1.54) is 30.6 Å². The highest BCUT2D eigenvalue weighted by Gasteiger charge is 2.26. The summed E-state index contributed by atoms with van der Waals surface area (Å²) in [5.74, 6) is 2.17. The second kappa shape index (κ2) is 7.05. The fraction of sp³-hybridized carbons (Fsp3) is 0.600. The van der Waals surface area contributed by atoms with Crippen LogP contribution in [0.1, 0.15) is 31.7 Å². The van der Waals surface area contributed by atoms with E-state index in [1.807, 2.05) is 6.07 Å². The number of benzene rings is 1. The zero-order valence-corrected chi connectivity index (χ0v) is 12.1. The summed E-state index contributed by atoms with van der Waals surface area (Å²) in [4.78, 5) is 0. The molecule has 2 rings (SSSR count). The first-order valence-corrected chi connectivity index (χ1v) is 7.86. The molecule has 0 bridgehead atoms. The third-order valence-electron chi connectivity index (χ3n) is 3.54. The van der Waals surface area contributed by atoms with Gasteiger partial charge in [0.15, 0.2) is 0 Å². The van der Waals surface area contributed by atoms with Crippen LogP contribution in [0, 0.1) is 0 Å². The topological polar surface area (TPSA) is 21.3 Å². The van der Waals surface area contributed by atoms with Gasteiger partial charge in [-0.25, -0.2) is 0 Å². The first-order chi connectivity index (χ1) is 8.83. The molecule has 2 atom stereocenters. The molecule has 1 aliphatic rings. The van der Waals surface area contributed by atoms with Crippen molar-refractivity contribution in [3.05, 3.63) is 29.8 Å². The zero-order chi connectivity index (χ0) is 12.8. The Hall–Kier alpha value is -0.670. The standard InChI is InChI=1S/C15H23NOS/c1-3-18-15-9-5-8-14(15)16-11-12-6-4-7-13(10-12)17-2/h4,6-7,10,14-16H,3,5,8-9,11H2,1-2H3. The van der Waals surface area contributed by atoms with Gasteiger partial charge < -0.3 is 10.1 Å². The molecule has 3 heteroatoms. The second-order valence-corrected chi connectivity index (χ2v) is 6.28. The Morgan fingerprint density at radius 1 is 1.39 bits per heavy atom. The van der Waals surface area contributed by atoms with Crippen molar-refractivity contribution in [1.29, 1.82) is 0 Å². The normalized spacial score (nSPS) is 23.2. The Bertz CT molecular complexity index is 369. The van der Waals surface area contributed by atoms with Crippen molar-refractivity contribution in [2.24, 2.45) is 0 Å². The fourth-order valence-corrected chi connectivity index (χ4v) is 3.83. The number of nitrogens with one attached hydrogen (secondary N) is 1. The molecule has 2 unspecified atom stereocenters. The highest BCUT2D eigenvalue weighted by Crippen LogP contribution is 2.30. The minimum Gasteiger partial charge on any atom is -0.497 e. The van der Waals surface area contributed by atoms with Crippen molar-refractivity contribution in [2.45, 2.75) is 44.0 Å². The van der Waals surface area contributed by atoms with Gasteiger partial charge in [0.25, 0.3) is 0 Å². The number of hydrogen-bond acceptors (Lipinski definition) is 3. The van der Waals surface area contributed by atoms with Crippen LogP contribution in [0.4, 0.5) is 0 Å². The molecule has 0 aliphatic heterocycles. The number of rotatable bonds is 6. The molecule has 1 aromatic carbocycles. The van der Waals surface area contributed by atoms with Crippen molar-refractivity contribution >= 4 is 11.8 Å². The fourth-order valence-electron chi connectivity index (χ4n) is 2.60. The molecule has 0 aromatic heterocycles. The summed E-state index contributed by atoms with van der Waals surface area (Å²) < 4.78 is 5.25. The van der Waals surface area contributed by atoms with Crippen LogP contribution in [0.2, 0.25) is 0 Å². The number of thioether (sulfide) groups is 1. The Balaban J connectivity index is 1.86. The van der Waals surface area contributed by atoms with E-state index in [2.05, 4.69) is 42.2 Å². The van der Waals surface area contributed by atoms with E-state index in [1.54, 1.807) is 7.11 Å². The van der Waals surface area contributed by atoms with Crippen molar-refractivity contribution in [2.75, 3.05) is 12.9 Å². The lowest BCUT2D eigenvalue weighted by Crippen LogP contribution is -2.33. The Morgan fingerprint density at radius 3 is 3.06 bits per heavy atom. The van der Waals surface area contributed by atoms with Gasteiger partial charge in [0.05, 0.1) is 7.11 Å². The molecule has 1 saturated carbocycles. The number of methoxy groups -OCH3 is 1. The lowest BCUT2D eigenvalue weighted by molar-refractivity contribution is 0.413. The Labute approximate surface area is 114 Å². The third-order valence-corrected chi connectivity index (χ3v) is 4.86. The highest BCUT2D eigenvalue weighted by molar-refractivity contribution is 7.99. The molecule has 100 valence electrons. The van der Waals surface area contributed by atoms with Gasteiger partial charge in [-0.1, -0.05) is 25.5 Å². The van der Waals surface area contributed by atoms with Crippen LogP contribution < -0.4 is 10.1 Å². The van der Waals surface area contributed by atoms with Crippen LogP contribution in [-0.4, -0.2) is 24.2 Å². The predicted molar refractivity (Wildman–Crippen MR) is 79.4 cm³/mol. The number of hydrogen-bond donors (Lipinski definition) is 1. The van der Waals surface area contributed by atoms with Crippen LogP contribution in [0.25, 0.3) is 0 Å². The van der Waals surface area contributed by atoms with Crippen LogP contribution in [0.3, 0.4) is 0 Å². The zero-order valence-electron chi connectivity index (χ0n) is 11.3. The predicted octanol–water partition coefficient (Wildman–Crippen LogP) is 3.46. The van der Waals surface area contributed by atoms with Crippen molar-refractivity contribution in [1.82, 2.24) is 5.32 Å². The quantitative estimate of drug-likeness (QED) is 0.851. The Morgan fingerprint density at radius 2 is 2.28 bits per heavy atom. The summed E-state index contributed by atoms with van der Waals surface area (Å²) >= 11 is 2.10. The van der Waals surface area contributed by atoms with Gasteiger partial charge in [0.1, 0.15) is 5.75 Å². The highest BCUT2D eigenvalue weighted by atomic mass is 32.2.